The molecule has 1 aromatic carbocycles. The molecule has 20 heavy (non-hydrogen) atoms. The van der Waals surface area contributed by atoms with Crippen molar-refractivity contribution in [2.75, 3.05) is 19.7 Å². The Bertz CT molecular complexity index is 421. The minimum Gasteiger partial charge on any atom is -0.493 e. The predicted molar refractivity (Wildman–Crippen MR) is 88.1 cm³/mol. The van der Waals surface area contributed by atoms with Gasteiger partial charge in [0, 0.05) is 12.1 Å². The zero-order chi connectivity index (χ0) is 15.0. The first-order valence-electron chi connectivity index (χ1n) is 7.67. The Hall–Kier alpha value is -1.28. The minimum atomic E-state index is 0.532. The van der Waals surface area contributed by atoms with E-state index >= 15 is 0 Å². The Kier molecular flexibility index (Phi) is 7.38. The van der Waals surface area contributed by atoms with Gasteiger partial charge in [0.1, 0.15) is 5.75 Å². The van der Waals surface area contributed by atoms with Crippen molar-refractivity contribution in [2.45, 2.75) is 34.6 Å². The Morgan fingerprint density at radius 2 is 1.90 bits per heavy atom. The van der Waals surface area contributed by atoms with Crippen LogP contribution in [0.5, 0.6) is 5.75 Å². The average molecular weight is 275 g/mol. The lowest BCUT2D eigenvalue weighted by Gasteiger charge is -2.15. The van der Waals surface area contributed by atoms with Gasteiger partial charge in [0.05, 0.1) is 6.61 Å². The summed E-state index contributed by atoms with van der Waals surface area (Å²) in [5.41, 5.74) is 2.59. The number of para-hydroxylation sites is 1. The van der Waals surface area contributed by atoms with Crippen LogP contribution in [0.4, 0.5) is 0 Å². The van der Waals surface area contributed by atoms with Gasteiger partial charge in [-0.05, 0) is 31.4 Å². The lowest BCUT2D eigenvalue weighted by Crippen LogP contribution is -2.23. The average Bonchev–Trinajstić information content (AvgIpc) is 2.39. The van der Waals surface area contributed by atoms with Crippen LogP contribution in [0, 0.1) is 11.8 Å². The maximum absolute atomic E-state index is 5.70. The fourth-order valence-corrected chi connectivity index (χ4v) is 2.01. The van der Waals surface area contributed by atoms with Crippen LogP contribution in [0.2, 0.25) is 0 Å². The second-order valence-corrected chi connectivity index (χ2v) is 5.87. The molecule has 112 valence electrons. The normalized spacial score (nSPS) is 12.2. The van der Waals surface area contributed by atoms with E-state index in [4.69, 9.17) is 4.74 Å². The van der Waals surface area contributed by atoms with Gasteiger partial charge in [0.15, 0.2) is 0 Å². The fraction of sp³-hybridized carbons (Fsp3) is 0.556. The van der Waals surface area contributed by atoms with E-state index in [2.05, 4.69) is 51.2 Å². The summed E-state index contributed by atoms with van der Waals surface area (Å²) in [7, 11) is 0. The van der Waals surface area contributed by atoms with Crippen molar-refractivity contribution < 1.29 is 4.74 Å². The van der Waals surface area contributed by atoms with E-state index in [1.165, 1.54) is 11.1 Å². The fourth-order valence-electron chi connectivity index (χ4n) is 2.01. The highest BCUT2D eigenvalue weighted by Crippen LogP contribution is 2.23. The third-order valence-electron chi connectivity index (χ3n) is 3.18. The molecule has 0 aromatic heterocycles. The molecule has 0 saturated carbocycles. The number of ether oxygens (including phenoxy) is 1. The van der Waals surface area contributed by atoms with Crippen molar-refractivity contribution in [3.63, 3.8) is 0 Å². The molecule has 0 fully saturated rings. The van der Waals surface area contributed by atoms with E-state index < -0.39 is 0 Å². The molecule has 0 atom stereocenters. The van der Waals surface area contributed by atoms with Crippen LogP contribution in [0.15, 0.2) is 29.8 Å². The van der Waals surface area contributed by atoms with Crippen LogP contribution >= 0.6 is 0 Å². The Labute approximate surface area is 124 Å². The lowest BCUT2D eigenvalue weighted by molar-refractivity contribution is 0.339. The molecule has 1 aromatic rings. The highest BCUT2D eigenvalue weighted by molar-refractivity contribution is 5.60. The van der Waals surface area contributed by atoms with Crippen molar-refractivity contribution in [3.05, 3.63) is 35.4 Å². The van der Waals surface area contributed by atoms with Crippen LogP contribution in [0.25, 0.3) is 6.08 Å². The SMILES string of the molecule is CCOc1ccccc1C=C(CNCC(C)C)C(C)C. The molecule has 0 unspecified atom stereocenters. The van der Waals surface area contributed by atoms with Crippen molar-refractivity contribution in [1.82, 2.24) is 5.32 Å². The molecule has 0 amide bonds. The Morgan fingerprint density at radius 3 is 2.50 bits per heavy atom. The van der Waals surface area contributed by atoms with Gasteiger partial charge in [-0.1, -0.05) is 57.5 Å². The molecular formula is C18H29NO. The summed E-state index contributed by atoms with van der Waals surface area (Å²) >= 11 is 0. The Morgan fingerprint density at radius 1 is 1.20 bits per heavy atom. The number of nitrogens with one attached hydrogen (secondary N) is 1. The molecule has 0 aliphatic carbocycles. The number of rotatable bonds is 8. The van der Waals surface area contributed by atoms with Gasteiger partial charge in [0.2, 0.25) is 0 Å². The zero-order valence-electron chi connectivity index (χ0n) is 13.6. The van der Waals surface area contributed by atoms with Crippen LogP contribution in [0.1, 0.15) is 40.2 Å². The lowest BCUT2D eigenvalue weighted by atomic mass is 9.99. The molecule has 0 saturated heterocycles. The van der Waals surface area contributed by atoms with Gasteiger partial charge in [-0.25, -0.2) is 0 Å². The van der Waals surface area contributed by atoms with Crippen molar-refractivity contribution in [2.24, 2.45) is 11.8 Å². The summed E-state index contributed by atoms with van der Waals surface area (Å²) < 4.78 is 5.70. The largest absolute Gasteiger partial charge is 0.493 e. The number of hydrogen-bond donors (Lipinski definition) is 1. The van der Waals surface area contributed by atoms with Gasteiger partial charge in [0.25, 0.3) is 0 Å². The summed E-state index contributed by atoms with van der Waals surface area (Å²) in [4.78, 5) is 0. The maximum atomic E-state index is 5.70. The third kappa shape index (κ3) is 5.79. The molecule has 0 spiro atoms. The molecule has 0 aliphatic rings. The van der Waals surface area contributed by atoms with Gasteiger partial charge >= 0.3 is 0 Å². The minimum absolute atomic E-state index is 0.532. The molecule has 0 heterocycles. The Balaban J connectivity index is 2.85. The van der Waals surface area contributed by atoms with Crippen LogP contribution in [-0.2, 0) is 0 Å². The quantitative estimate of drug-likeness (QED) is 0.760. The first kappa shape index (κ1) is 16.8. The van der Waals surface area contributed by atoms with E-state index in [9.17, 15) is 0 Å². The van der Waals surface area contributed by atoms with Gasteiger partial charge in [-0.2, -0.15) is 0 Å². The topological polar surface area (TPSA) is 21.3 Å². The highest BCUT2D eigenvalue weighted by atomic mass is 16.5. The van der Waals surface area contributed by atoms with Crippen LogP contribution in [0.3, 0.4) is 0 Å². The van der Waals surface area contributed by atoms with E-state index in [0.717, 1.165) is 18.8 Å². The second-order valence-electron chi connectivity index (χ2n) is 5.87. The summed E-state index contributed by atoms with van der Waals surface area (Å²) in [6, 6.07) is 8.24. The molecule has 1 rings (SSSR count). The number of benzene rings is 1. The zero-order valence-corrected chi connectivity index (χ0v) is 13.6. The molecule has 1 N–H and O–H groups in total. The van der Waals surface area contributed by atoms with Crippen molar-refractivity contribution in [1.29, 1.82) is 0 Å². The molecule has 0 aliphatic heterocycles. The van der Waals surface area contributed by atoms with Gasteiger partial charge in [-0.3, -0.25) is 0 Å². The summed E-state index contributed by atoms with van der Waals surface area (Å²) in [5, 5.41) is 3.53. The van der Waals surface area contributed by atoms with E-state index in [-0.39, 0.29) is 0 Å². The third-order valence-corrected chi connectivity index (χ3v) is 3.18. The number of hydrogen-bond acceptors (Lipinski definition) is 2. The molecular weight excluding hydrogens is 246 g/mol. The smallest absolute Gasteiger partial charge is 0.126 e. The molecule has 2 heteroatoms. The van der Waals surface area contributed by atoms with E-state index in [0.29, 0.717) is 18.4 Å². The summed E-state index contributed by atoms with van der Waals surface area (Å²) in [5.74, 6) is 2.18. The van der Waals surface area contributed by atoms with Crippen molar-refractivity contribution in [3.8, 4) is 5.75 Å². The summed E-state index contributed by atoms with van der Waals surface area (Å²) in [6.45, 7) is 13.7. The second kappa shape index (κ2) is 8.80. The monoisotopic (exact) mass is 275 g/mol. The molecule has 0 radical (unpaired) electrons. The van der Waals surface area contributed by atoms with E-state index in [1.807, 2.05) is 19.1 Å². The van der Waals surface area contributed by atoms with Crippen LogP contribution in [-0.4, -0.2) is 19.7 Å². The molecule has 2 nitrogen and oxygen atoms in total. The highest BCUT2D eigenvalue weighted by Gasteiger charge is 2.06. The van der Waals surface area contributed by atoms with Gasteiger partial charge < -0.3 is 10.1 Å². The molecule has 0 bridgehead atoms. The van der Waals surface area contributed by atoms with Crippen LogP contribution < -0.4 is 10.1 Å². The predicted octanol–water partition coefficient (Wildman–Crippen LogP) is 4.37. The maximum Gasteiger partial charge on any atom is 0.126 e. The first-order chi connectivity index (χ1) is 9.54. The van der Waals surface area contributed by atoms with E-state index in [1.54, 1.807) is 0 Å². The summed E-state index contributed by atoms with van der Waals surface area (Å²) in [6.07, 6.45) is 2.27. The standard InChI is InChI=1S/C18H29NO/c1-6-20-18-10-8-7-9-16(18)11-17(15(4)5)13-19-12-14(2)3/h7-11,14-15,19H,6,12-13H2,1-5H3. The first-order valence-corrected chi connectivity index (χ1v) is 7.67. The van der Waals surface area contributed by atoms with Crippen molar-refractivity contribution >= 4 is 6.08 Å². The van der Waals surface area contributed by atoms with Gasteiger partial charge in [-0.15, -0.1) is 0 Å².